The lowest BCUT2D eigenvalue weighted by Gasteiger charge is -2.41. The number of nitrogens with zero attached hydrogens (tertiary/aromatic N) is 1. The summed E-state index contributed by atoms with van der Waals surface area (Å²) in [6.45, 7) is 3.86. The molecule has 2 saturated carbocycles. The van der Waals surface area contributed by atoms with Crippen molar-refractivity contribution in [3.63, 3.8) is 0 Å². The van der Waals surface area contributed by atoms with E-state index in [0.717, 1.165) is 19.3 Å². The molecule has 1 nitrogen and oxygen atoms in total. The third kappa shape index (κ3) is 2.88. The number of benzene rings is 1. The molecule has 1 aromatic carbocycles. The second-order valence-electron chi connectivity index (χ2n) is 6.16. The van der Waals surface area contributed by atoms with Crippen molar-refractivity contribution in [2.45, 2.75) is 44.4 Å². The van der Waals surface area contributed by atoms with Crippen molar-refractivity contribution in [2.24, 2.45) is 17.8 Å². The molecule has 2 aliphatic rings. The van der Waals surface area contributed by atoms with Gasteiger partial charge in [0, 0.05) is 4.11 Å². The molecule has 21 heavy (non-hydrogen) atoms. The first-order valence-corrected chi connectivity index (χ1v) is 7.61. The van der Waals surface area contributed by atoms with Gasteiger partial charge in [0.1, 0.15) is 11.9 Å². The molecule has 110 valence electrons. The van der Waals surface area contributed by atoms with E-state index in [1.807, 2.05) is 6.08 Å². The van der Waals surface area contributed by atoms with Crippen LogP contribution in [-0.4, -0.2) is 0 Å². The predicted molar refractivity (Wildman–Crippen MR) is 82.2 cm³/mol. The zero-order valence-electron chi connectivity index (χ0n) is 15.1. The van der Waals surface area contributed by atoms with Crippen molar-refractivity contribution in [1.29, 1.82) is 5.26 Å². The highest BCUT2D eigenvalue weighted by Crippen LogP contribution is 2.47. The zero-order chi connectivity index (χ0) is 17.5. The quantitative estimate of drug-likeness (QED) is 0.687. The smallest absolute Gasteiger partial charge is 0.141 e. The Hall–Kier alpha value is -1.62. The zero-order valence-corrected chi connectivity index (χ0v) is 12.1. The second-order valence-corrected chi connectivity index (χ2v) is 6.16. The van der Waals surface area contributed by atoms with Crippen molar-refractivity contribution in [2.75, 3.05) is 0 Å². The van der Waals surface area contributed by atoms with Gasteiger partial charge < -0.3 is 0 Å². The van der Waals surface area contributed by atoms with Gasteiger partial charge in [-0.3, -0.25) is 0 Å². The van der Waals surface area contributed by atoms with Crippen LogP contribution in [-0.2, 0) is 0 Å². The Labute approximate surface area is 130 Å². The summed E-state index contributed by atoms with van der Waals surface area (Å²) < 4.78 is 39.7. The van der Waals surface area contributed by atoms with E-state index in [0.29, 0.717) is 17.9 Å². The summed E-state index contributed by atoms with van der Waals surface area (Å²) >= 11 is 0. The molecule has 1 aromatic rings. The van der Waals surface area contributed by atoms with Gasteiger partial charge in [0.25, 0.3) is 0 Å². The molecular weight excluding hydrogens is 261 g/mol. The van der Waals surface area contributed by atoms with Crippen LogP contribution in [0.4, 0.5) is 4.39 Å². The minimum atomic E-state index is -1.54. The van der Waals surface area contributed by atoms with Crippen LogP contribution in [0.2, 0.25) is 0 Å². The van der Waals surface area contributed by atoms with Gasteiger partial charge >= 0.3 is 0 Å². The highest BCUT2D eigenvalue weighted by Gasteiger charge is 2.35. The number of allylic oxidation sites excluding steroid dienone is 1. The molecule has 0 amide bonds. The number of hydrogen-bond donors (Lipinski definition) is 0. The van der Waals surface area contributed by atoms with E-state index in [1.54, 1.807) is 12.1 Å². The minimum absolute atomic E-state index is 0.0407. The summed E-state index contributed by atoms with van der Waals surface area (Å²) in [6.07, 6.45) is 3.03. The SMILES string of the molecule is [2H]C1C2CCC(C=C)CC2CC([2H])([2H])C1c1ccc(C#N)c(F)c1. The van der Waals surface area contributed by atoms with Crippen LogP contribution in [0.3, 0.4) is 0 Å². The van der Waals surface area contributed by atoms with Gasteiger partial charge in [0.15, 0.2) is 0 Å². The summed E-state index contributed by atoms with van der Waals surface area (Å²) in [6, 6.07) is 6.05. The molecule has 2 aliphatic carbocycles. The summed E-state index contributed by atoms with van der Waals surface area (Å²) in [4.78, 5) is 0. The summed E-state index contributed by atoms with van der Waals surface area (Å²) in [7, 11) is 0. The van der Waals surface area contributed by atoms with Crippen molar-refractivity contribution in [3.05, 3.63) is 47.8 Å². The maximum Gasteiger partial charge on any atom is 0.141 e. The van der Waals surface area contributed by atoms with Crippen LogP contribution in [0.1, 0.15) is 59.6 Å². The third-order valence-electron chi connectivity index (χ3n) is 4.93. The highest BCUT2D eigenvalue weighted by molar-refractivity contribution is 5.35. The molecule has 0 N–H and O–H groups in total. The Morgan fingerprint density at radius 1 is 1.33 bits per heavy atom. The van der Waals surface area contributed by atoms with Crippen molar-refractivity contribution < 1.29 is 8.50 Å². The van der Waals surface area contributed by atoms with Crippen LogP contribution >= 0.6 is 0 Å². The van der Waals surface area contributed by atoms with E-state index in [-0.39, 0.29) is 17.4 Å². The van der Waals surface area contributed by atoms with Crippen LogP contribution in [0.25, 0.3) is 0 Å². The van der Waals surface area contributed by atoms with E-state index < -0.39 is 24.5 Å². The molecule has 0 radical (unpaired) electrons. The largest absolute Gasteiger partial charge is 0.206 e. The molecule has 3 rings (SSSR count). The topological polar surface area (TPSA) is 23.8 Å². The fourth-order valence-corrected chi connectivity index (χ4v) is 3.66. The van der Waals surface area contributed by atoms with E-state index in [4.69, 9.17) is 9.37 Å². The highest BCUT2D eigenvalue weighted by atomic mass is 19.1. The lowest BCUT2D eigenvalue weighted by atomic mass is 9.64. The van der Waals surface area contributed by atoms with Crippen molar-refractivity contribution in [1.82, 2.24) is 0 Å². The van der Waals surface area contributed by atoms with Crippen molar-refractivity contribution in [3.8, 4) is 6.07 Å². The van der Waals surface area contributed by atoms with E-state index >= 15 is 0 Å². The lowest BCUT2D eigenvalue weighted by molar-refractivity contribution is 0.133. The van der Waals surface area contributed by atoms with E-state index in [2.05, 4.69) is 6.58 Å². The Bertz CT molecular complexity index is 682. The predicted octanol–water partition coefficient (Wildman–Crippen LogP) is 5.18. The lowest BCUT2D eigenvalue weighted by Crippen LogP contribution is -2.30. The third-order valence-corrected chi connectivity index (χ3v) is 4.93. The monoisotopic (exact) mass is 286 g/mol. The number of nitriles is 1. The van der Waals surface area contributed by atoms with Crippen LogP contribution in [0.15, 0.2) is 30.9 Å². The number of fused-ring (bicyclic) bond motifs is 1. The molecule has 0 heterocycles. The number of halogens is 1. The summed E-state index contributed by atoms with van der Waals surface area (Å²) in [5, 5.41) is 8.87. The maximum absolute atomic E-state index is 14.0. The summed E-state index contributed by atoms with van der Waals surface area (Å²) in [5.41, 5.74) is 0.460. The minimum Gasteiger partial charge on any atom is -0.206 e. The molecule has 0 bridgehead atoms. The molecule has 5 atom stereocenters. The molecule has 0 spiro atoms. The van der Waals surface area contributed by atoms with Gasteiger partial charge in [0.05, 0.1) is 5.56 Å². The average molecular weight is 286 g/mol. The van der Waals surface area contributed by atoms with Crippen LogP contribution < -0.4 is 0 Å². The Kier molecular flexibility index (Phi) is 3.16. The molecule has 0 saturated heterocycles. The van der Waals surface area contributed by atoms with Gasteiger partial charge in [-0.2, -0.15) is 5.26 Å². The standard InChI is InChI=1S/C19H22FN/c1-2-13-3-4-15-10-16(6-5-14(15)9-13)17-7-8-18(12-21)19(20)11-17/h2,7-8,11,13-16H,1,3-6,9-10H2/i6D2,10D. The molecule has 0 aromatic heterocycles. The van der Waals surface area contributed by atoms with Crippen LogP contribution in [0, 0.1) is 34.9 Å². The van der Waals surface area contributed by atoms with Gasteiger partial charge in [-0.15, -0.1) is 6.58 Å². The second kappa shape index (κ2) is 6.02. The molecule has 2 fully saturated rings. The number of hydrogen-bond acceptors (Lipinski definition) is 1. The first-order valence-electron chi connectivity index (χ1n) is 9.19. The van der Waals surface area contributed by atoms with Gasteiger partial charge in [-0.25, -0.2) is 4.39 Å². The fourth-order valence-electron chi connectivity index (χ4n) is 3.66. The fraction of sp³-hybridized carbons (Fsp3) is 0.526. The first-order chi connectivity index (χ1) is 11.4. The molecule has 0 aliphatic heterocycles. The Morgan fingerprint density at radius 2 is 2.19 bits per heavy atom. The molecule has 5 unspecified atom stereocenters. The van der Waals surface area contributed by atoms with Crippen molar-refractivity contribution >= 4 is 0 Å². The average Bonchev–Trinajstić information content (AvgIpc) is 2.53. The van der Waals surface area contributed by atoms with E-state index in [1.165, 1.54) is 12.1 Å². The van der Waals surface area contributed by atoms with Gasteiger partial charge in [-0.05, 0) is 79.8 Å². The Balaban J connectivity index is 1.93. The maximum atomic E-state index is 14.0. The van der Waals surface area contributed by atoms with Gasteiger partial charge in [-0.1, -0.05) is 12.1 Å². The summed E-state index contributed by atoms with van der Waals surface area (Å²) in [5.74, 6) is -0.526. The molecule has 2 heteroatoms. The van der Waals surface area contributed by atoms with Crippen LogP contribution in [0.5, 0.6) is 0 Å². The van der Waals surface area contributed by atoms with Gasteiger partial charge in [0.2, 0.25) is 0 Å². The number of rotatable bonds is 2. The normalized spacial score (nSPS) is 40.0. The Morgan fingerprint density at radius 3 is 2.90 bits per heavy atom. The first kappa shape index (κ1) is 11.0. The molecular formula is C19H22FN. The van der Waals surface area contributed by atoms with E-state index in [9.17, 15) is 4.39 Å².